The van der Waals surface area contributed by atoms with Crippen LogP contribution in [0.1, 0.15) is 12.5 Å². The quantitative estimate of drug-likeness (QED) is 0.288. The zero-order valence-corrected chi connectivity index (χ0v) is 13.9. The highest BCUT2D eigenvalue weighted by molar-refractivity contribution is 7.89. The third-order valence-corrected chi connectivity index (χ3v) is 4.24. The molecule has 122 valence electrons. The standard InChI is InChI=1S/C15H24N4O2S/c1-4-10-17-15(16-5-2)18-11-12-19-22(20,21)14-8-6-13(3)7-9-14/h4,6-9,19H,1,5,10-12H2,2-3H3,(H2,16,17,18). The number of hydrogen-bond acceptors (Lipinski definition) is 3. The van der Waals surface area contributed by atoms with Gasteiger partial charge in [-0.15, -0.1) is 6.58 Å². The normalized spacial score (nSPS) is 12.0. The first kappa shape index (κ1) is 18.2. The third-order valence-electron chi connectivity index (χ3n) is 2.76. The first-order valence-electron chi connectivity index (χ1n) is 7.19. The topological polar surface area (TPSA) is 82.6 Å². The summed E-state index contributed by atoms with van der Waals surface area (Å²) in [6.07, 6.45) is 1.73. The number of benzene rings is 1. The van der Waals surface area contributed by atoms with Crippen LogP contribution in [0, 0.1) is 6.92 Å². The molecular formula is C15H24N4O2S. The van der Waals surface area contributed by atoms with E-state index in [0.29, 0.717) is 19.0 Å². The molecular weight excluding hydrogens is 300 g/mol. The van der Waals surface area contributed by atoms with E-state index in [4.69, 9.17) is 0 Å². The summed E-state index contributed by atoms with van der Waals surface area (Å²) in [5.74, 6) is 0.636. The zero-order valence-electron chi connectivity index (χ0n) is 13.1. The molecule has 0 aromatic heterocycles. The molecule has 0 bridgehead atoms. The van der Waals surface area contributed by atoms with E-state index in [9.17, 15) is 8.42 Å². The molecule has 1 aromatic rings. The van der Waals surface area contributed by atoms with E-state index in [2.05, 4.69) is 26.9 Å². The molecule has 0 unspecified atom stereocenters. The number of guanidine groups is 1. The van der Waals surface area contributed by atoms with E-state index in [1.165, 1.54) is 0 Å². The van der Waals surface area contributed by atoms with E-state index < -0.39 is 10.0 Å². The first-order valence-corrected chi connectivity index (χ1v) is 8.67. The fourth-order valence-corrected chi connectivity index (χ4v) is 2.68. The number of aliphatic imine (C=N–C) groups is 1. The predicted molar refractivity (Wildman–Crippen MR) is 90.5 cm³/mol. The summed E-state index contributed by atoms with van der Waals surface area (Å²) in [7, 11) is -3.48. The van der Waals surface area contributed by atoms with Crippen molar-refractivity contribution in [3.63, 3.8) is 0 Å². The molecule has 3 N–H and O–H groups in total. The maximum absolute atomic E-state index is 12.1. The number of rotatable bonds is 8. The van der Waals surface area contributed by atoms with Crippen LogP contribution >= 0.6 is 0 Å². The van der Waals surface area contributed by atoms with Crippen molar-refractivity contribution in [3.8, 4) is 0 Å². The van der Waals surface area contributed by atoms with E-state index in [0.717, 1.165) is 12.1 Å². The minimum absolute atomic E-state index is 0.237. The fraction of sp³-hybridized carbons (Fsp3) is 0.400. The lowest BCUT2D eigenvalue weighted by Crippen LogP contribution is -2.38. The molecule has 0 heterocycles. The molecule has 7 heteroatoms. The Morgan fingerprint density at radius 1 is 1.27 bits per heavy atom. The molecule has 0 aliphatic rings. The van der Waals surface area contributed by atoms with Crippen molar-refractivity contribution in [1.29, 1.82) is 0 Å². The van der Waals surface area contributed by atoms with E-state index in [-0.39, 0.29) is 11.4 Å². The van der Waals surface area contributed by atoms with Crippen LogP contribution < -0.4 is 15.4 Å². The van der Waals surface area contributed by atoms with Gasteiger partial charge in [-0.3, -0.25) is 4.99 Å². The Bertz CT molecular complexity index is 594. The van der Waals surface area contributed by atoms with Crippen LogP contribution in [0.25, 0.3) is 0 Å². The van der Waals surface area contributed by atoms with Crippen LogP contribution in [-0.2, 0) is 10.0 Å². The summed E-state index contributed by atoms with van der Waals surface area (Å²) in [6, 6.07) is 6.73. The number of sulfonamides is 1. The maximum Gasteiger partial charge on any atom is 0.240 e. The average molecular weight is 324 g/mol. The van der Waals surface area contributed by atoms with E-state index in [1.807, 2.05) is 13.8 Å². The molecule has 0 spiro atoms. The Morgan fingerprint density at radius 3 is 2.55 bits per heavy atom. The monoisotopic (exact) mass is 324 g/mol. The molecule has 1 rings (SSSR count). The van der Waals surface area contributed by atoms with Gasteiger partial charge in [-0.2, -0.15) is 0 Å². The Labute approximate surface area is 132 Å². The molecule has 0 fully saturated rings. The van der Waals surface area contributed by atoms with Crippen LogP contribution in [0.2, 0.25) is 0 Å². The van der Waals surface area contributed by atoms with Crippen LogP contribution in [-0.4, -0.2) is 40.6 Å². The highest BCUT2D eigenvalue weighted by Crippen LogP contribution is 2.09. The zero-order chi connectivity index (χ0) is 16.4. The predicted octanol–water partition coefficient (Wildman–Crippen LogP) is 1.01. The van der Waals surface area contributed by atoms with Gasteiger partial charge >= 0.3 is 0 Å². The van der Waals surface area contributed by atoms with Crippen molar-refractivity contribution in [2.45, 2.75) is 18.7 Å². The van der Waals surface area contributed by atoms with Gasteiger partial charge < -0.3 is 10.6 Å². The maximum atomic E-state index is 12.1. The van der Waals surface area contributed by atoms with Crippen LogP contribution in [0.15, 0.2) is 46.8 Å². The molecule has 0 radical (unpaired) electrons. The Balaban J connectivity index is 2.54. The van der Waals surface area contributed by atoms with Gasteiger partial charge in [-0.1, -0.05) is 23.8 Å². The van der Waals surface area contributed by atoms with E-state index in [1.54, 1.807) is 30.3 Å². The second-order valence-electron chi connectivity index (χ2n) is 4.64. The summed E-state index contributed by atoms with van der Waals surface area (Å²) >= 11 is 0. The van der Waals surface area contributed by atoms with Crippen LogP contribution in [0.5, 0.6) is 0 Å². The Morgan fingerprint density at radius 2 is 1.95 bits per heavy atom. The second kappa shape index (κ2) is 9.22. The molecule has 0 saturated carbocycles. The van der Waals surface area contributed by atoms with Crippen LogP contribution in [0.4, 0.5) is 0 Å². The number of aryl methyl sites for hydroxylation is 1. The van der Waals surface area contributed by atoms with Gasteiger partial charge in [-0.05, 0) is 26.0 Å². The lowest BCUT2D eigenvalue weighted by molar-refractivity contribution is 0.582. The van der Waals surface area contributed by atoms with Crippen molar-refractivity contribution < 1.29 is 8.42 Å². The largest absolute Gasteiger partial charge is 0.357 e. The summed E-state index contributed by atoms with van der Waals surface area (Å²) in [5, 5.41) is 6.12. The number of nitrogens with zero attached hydrogens (tertiary/aromatic N) is 1. The highest BCUT2D eigenvalue weighted by Gasteiger charge is 2.12. The minimum Gasteiger partial charge on any atom is -0.357 e. The molecule has 0 atom stereocenters. The lowest BCUT2D eigenvalue weighted by atomic mass is 10.2. The summed E-state index contributed by atoms with van der Waals surface area (Å²) in [6.45, 7) is 9.42. The van der Waals surface area contributed by atoms with Gasteiger partial charge in [0, 0.05) is 19.6 Å². The summed E-state index contributed by atoms with van der Waals surface area (Å²) in [5.41, 5.74) is 1.02. The van der Waals surface area contributed by atoms with Crippen molar-refractivity contribution in [2.24, 2.45) is 4.99 Å². The van der Waals surface area contributed by atoms with Crippen molar-refractivity contribution in [1.82, 2.24) is 15.4 Å². The fourth-order valence-electron chi connectivity index (χ4n) is 1.66. The summed E-state index contributed by atoms with van der Waals surface area (Å²) < 4.78 is 26.7. The highest BCUT2D eigenvalue weighted by atomic mass is 32.2. The second-order valence-corrected chi connectivity index (χ2v) is 6.41. The minimum atomic E-state index is -3.48. The number of nitrogens with one attached hydrogen (secondary N) is 3. The molecule has 0 amide bonds. The average Bonchev–Trinajstić information content (AvgIpc) is 2.49. The van der Waals surface area contributed by atoms with Crippen LogP contribution in [0.3, 0.4) is 0 Å². The van der Waals surface area contributed by atoms with Gasteiger partial charge in [0.15, 0.2) is 5.96 Å². The Hall–Kier alpha value is -1.86. The van der Waals surface area contributed by atoms with Gasteiger partial charge in [0.05, 0.1) is 11.4 Å². The van der Waals surface area contributed by atoms with Gasteiger partial charge in [0.1, 0.15) is 0 Å². The molecule has 0 aliphatic heterocycles. The third kappa shape index (κ3) is 6.28. The van der Waals surface area contributed by atoms with Gasteiger partial charge in [0.25, 0.3) is 0 Å². The van der Waals surface area contributed by atoms with Gasteiger partial charge in [-0.25, -0.2) is 13.1 Å². The molecule has 0 saturated heterocycles. The molecule has 22 heavy (non-hydrogen) atoms. The lowest BCUT2D eigenvalue weighted by Gasteiger charge is -2.10. The molecule has 1 aromatic carbocycles. The Kier molecular flexibility index (Phi) is 7.62. The van der Waals surface area contributed by atoms with Gasteiger partial charge in [0.2, 0.25) is 10.0 Å². The molecule has 6 nitrogen and oxygen atoms in total. The summed E-state index contributed by atoms with van der Waals surface area (Å²) in [4.78, 5) is 4.54. The number of hydrogen-bond donors (Lipinski definition) is 3. The van der Waals surface area contributed by atoms with Crippen molar-refractivity contribution >= 4 is 16.0 Å². The smallest absolute Gasteiger partial charge is 0.240 e. The SMILES string of the molecule is C=CCNC(=NCCNS(=O)(=O)c1ccc(C)cc1)NCC. The van der Waals surface area contributed by atoms with Crippen molar-refractivity contribution in [3.05, 3.63) is 42.5 Å². The molecule has 0 aliphatic carbocycles. The first-order chi connectivity index (χ1) is 10.5. The van der Waals surface area contributed by atoms with E-state index >= 15 is 0 Å². The van der Waals surface area contributed by atoms with Crippen molar-refractivity contribution in [2.75, 3.05) is 26.2 Å².